The van der Waals surface area contributed by atoms with E-state index in [9.17, 15) is 0 Å². The van der Waals surface area contributed by atoms with Crippen LogP contribution in [0.25, 0.3) is 0 Å². The number of rotatable bonds is 8. The molecule has 6 nitrogen and oxygen atoms in total. The topological polar surface area (TPSA) is 52.1 Å². The molecule has 0 aromatic heterocycles. The fourth-order valence-electron chi connectivity index (χ4n) is 2.60. The Labute approximate surface area is 129 Å². The Morgan fingerprint density at radius 3 is 2.48 bits per heavy atom. The number of nitrogens with zero attached hydrogens (tertiary/aromatic N) is 3. The van der Waals surface area contributed by atoms with Gasteiger partial charge in [0.15, 0.2) is 5.96 Å². The molecule has 1 heterocycles. The largest absolute Gasteiger partial charge is 0.379 e. The van der Waals surface area contributed by atoms with Crippen LogP contribution in [0.3, 0.4) is 0 Å². The lowest BCUT2D eigenvalue weighted by atomic mass is 10.3. The van der Waals surface area contributed by atoms with Crippen LogP contribution in [0.5, 0.6) is 0 Å². The van der Waals surface area contributed by atoms with Crippen molar-refractivity contribution < 1.29 is 4.74 Å². The minimum atomic E-state index is 0.512. The fourth-order valence-corrected chi connectivity index (χ4v) is 2.60. The number of morpholine rings is 1. The van der Waals surface area contributed by atoms with Crippen LogP contribution in [0.15, 0.2) is 4.99 Å². The minimum Gasteiger partial charge on any atom is -0.379 e. The van der Waals surface area contributed by atoms with Crippen LogP contribution in [-0.4, -0.2) is 87.9 Å². The van der Waals surface area contributed by atoms with Crippen LogP contribution >= 0.6 is 0 Å². The van der Waals surface area contributed by atoms with Gasteiger partial charge in [-0.25, -0.2) is 0 Å². The number of hydrogen-bond donors (Lipinski definition) is 2. The molecule has 1 fully saturated rings. The maximum atomic E-state index is 5.35. The van der Waals surface area contributed by atoms with Crippen molar-refractivity contribution in [2.75, 3.05) is 66.1 Å². The van der Waals surface area contributed by atoms with Crippen LogP contribution in [0, 0.1) is 0 Å². The molecule has 0 radical (unpaired) electrons. The van der Waals surface area contributed by atoms with E-state index in [1.165, 1.54) is 0 Å². The number of aliphatic imine (C=N–C) groups is 1. The molecule has 6 heteroatoms. The van der Waals surface area contributed by atoms with Gasteiger partial charge in [0.2, 0.25) is 0 Å². The van der Waals surface area contributed by atoms with E-state index < -0.39 is 0 Å². The Balaban J connectivity index is 2.19. The Hall–Kier alpha value is -0.850. The highest BCUT2D eigenvalue weighted by Gasteiger charge is 2.11. The molecule has 1 rings (SSSR count). The van der Waals surface area contributed by atoms with Gasteiger partial charge in [-0.2, -0.15) is 0 Å². The van der Waals surface area contributed by atoms with Crippen molar-refractivity contribution in [3.05, 3.63) is 0 Å². The van der Waals surface area contributed by atoms with Crippen molar-refractivity contribution in [3.8, 4) is 0 Å². The molecule has 0 spiro atoms. The van der Waals surface area contributed by atoms with Gasteiger partial charge in [-0.15, -0.1) is 0 Å². The molecular formula is C15H33N5O. The molecule has 1 aliphatic rings. The second-order valence-corrected chi connectivity index (χ2v) is 5.40. The average Bonchev–Trinajstić information content (AvgIpc) is 2.52. The minimum absolute atomic E-state index is 0.512. The van der Waals surface area contributed by atoms with E-state index in [0.29, 0.717) is 6.04 Å². The Morgan fingerprint density at radius 1 is 1.24 bits per heavy atom. The Bertz CT molecular complexity index is 288. The number of likely N-dealkylation sites (N-methyl/N-ethyl adjacent to an activating group) is 1. The highest BCUT2D eigenvalue weighted by molar-refractivity contribution is 5.79. The van der Waals surface area contributed by atoms with Gasteiger partial charge in [0.05, 0.1) is 13.2 Å². The molecule has 0 bridgehead atoms. The molecule has 2 N–H and O–H groups in total. The van der Waals surface area contributed by atoms with Crippen molar-refractivity contribution in [3.63, 3.8) is 0 Å². The van der Waals surface area contributed by atoms with Gasteiger partial charge in [-0.1, -0.05) is 13.8 Å². The summed E-state index contributed by atoms with van der Waals surface area (Å²) in [4.78, 5) is 9.14. The summed E-state index contributed by atoms with van der Waals surface area (Å²) in [6.45, 7) is 15.5. The molecule has 124 valence electrons. The van der Waals surface area contributed by atoms with E-state index in [1.54, 1.807) is 0 Å². The molecule has 1 atom stereocenters. The van der Waals surface area contributed by atoms with Crippen molar-refractivity contribution in [1.82, 2.24) is 20.4 Å². The number of guanidine groups is 1. The average molecular weight is 299 g/mol. The summed E-state index contributed by atoms with van der Waals surface area (Å²) < 4.78 is 5.35. The quantitative estimate of drug-likeness (QED) is 0.496. The molecule has 21 heavy (non-hydrogen) atoms. The standard InChI is InChI=1S/C15H33N5O/c1-5-20(6-2)14(3)13-18-15(16-4)17-7-8-19-9-11-21-12-10-19/h14H,5-13H2,1-4H3,(H2,16,17,18). The van der Waals surface area contributed by atoms with E-state index in [-0.39, 0.29) is 0 Å². The summed E-state index contributed by atoms with van der Waals surface area (Å²) in [6, 6.07) is 0.512. The molecule has 0 aliphatic carbocycles. The zero-order chi connectivity index (χ0) is 15.5. The van der Waals surface area contributed by atoms with E-state index in [1.807, 2.05) is 7.05 Å². The molecule has 1 aliphatic heterocycles. The zero-order valence-corrected chi connectivity index (χ0v) is 14.2. The second kappa shape index (κ2) is 10.8. The van der Waals surface area contributed by atoms with E-state index in [0.717, 1.165) is 65.0 Å². The summed E-state index contributed by atoms with van der Waals surface area (Å²) in [7, 11) is 1.83. The summed E-state index contributed by atoms with van der Waals surface area (Å²) in [6.07, 6.45) is 0. The highest BCUT2D eigenvalue weighted by Crippen LogP contribution is 1.96. The lowest BCUT2D eigenvalue weighted by Gasteiger charge is -2.28. The fraction of sp³-hybridized carbons (Fsp3) is 0.933. The first-order valence-electron chi connectivity index (χ1n) is 8.19. The van der Waals surface area contributed by atoms with Gasteiger partial charge in [-0.3, -0.25) is 14.8 Å². The predicted molar refractivity (Wildman–Crippen MR) is 89.0 cm³/mol. The number of ether oxygens (including phenoxy) is 1. The SMILES string of the molecule is CCN(CC)C(C)CNC(=NC)NCCN1CCOCC1. The summed E-state index contributed by atoms with van der Waals surface area (Å²) in [5.74, 6) is 0.891. The Kier molecular flexibility index (Phi) is 9.37. The first-order chi connectivity index (χ1) is 10.2. The van der Waals surface area contributed by atoms with Gasteiger partial charge in [-0.05, 0) is 20.0 Å². The molecule has 0 aromatic rings. The smallest absolute Gasteiger partial charge is 0.191 e. The predicted octanol–water partition coefficient (Wildman–Crippen LogP) is 0.214. The van der Waals surface area contributed by atoms with Crippen molar-refractivity contribution >= 4 is 5.96 Å². The van der Waals surface area contributed by atoms with Gasteiger partial charge in [0, 0.05) is 45.8 Å². The third-order valence-electron chi connectivity index (χ3n) is 4.05. The van der Waals surface area contributed by atoms with Crippen LogP contribution in [-0.2, 0) is 4.74 Å². The molecule has 0 saturated carbocycles. The van der Waals surface area contributed by atoms with Gasteiger partial charge in [0.25, 0.3) is 0 Å². The molecule has 1 saturated heterocycles. The summed E-state index contributed by atoms with van der Waals surface area (Å²) >= 11 is 0. The monoisotopic (exact) mass is 299 g/mol. The third-order valence-corrected chi connectivity index (χ3v) is 4.05. The number of hydrogen-bond acceptors (Lipinski definition) is 4. The molecule has 0 aromatic carbocycles. The third kappa shape index (κ3) is 7.11. The first kappa shape index (κ1) is 18.2. The van der Waals surface area contributed by atoms with Crippen molar-refractivity contribution in [2.45, 2.75) is 26.8 Å². The van der Waals surface area contributed by atoms with Crippen LogP contribution in [0.1, 0.15) is 20.8 Å². The second-order valence-electron chi connectivity index (χ2n) is 5.40. The Morgan fingerprint density at radius 2 is 1.90 bits per heavy atom. The van der Waals surface area contributed by atoms with Crippen LogP contribution in [0.2, 0.25) is 0 Å². The lowest BCUT2D eigenvalue weighted by molar-refractivity contribution is 0.0389. The van der Waals surface area contributed by atoms with Gasteiger partial charge >= 0.3 is 0 Å². The van der Waals surface area contributed by atoms with Crippen molar-refractivity contribution in [1.29, 1.82) is 0 Å². The van der Waals surface area contributed by atoms with E-state index in [2.05, 4.69) is 46.2 Å². The highest BCUT2D eigenvalue weighted by atomic mass is 16.5. The summed E-state index contributed by atoms with van der Waals surface area (Å²) in [5, 5.41) is 6.79. The van der Waals surface area contributed by atoms with E-state index >= 15 is 0 Å². The maximum Gasteiger partial charge on any atom is 0.191 e. The molecule has 0 amide bonds. The normalized spacial score (nSPS) is 18.8. The number of nitrogens with one attached hydrogen (secondary N) is 2. The molecular weight excluding hydrogens is 266 g/mol. The lowest BCUT2D eigenvalue weighted by Crippen LogP contribution is -2.48. The maximum absolute atomic E-state index is 5.35. The van der Waals surface area contributed by atoms with Crippen molar-refractivity contribution in [2.24, 2.45) is 4.99 Å². The molecule has 1 unspecified atom stereocenters. The van der Waals surface area contributed by atoms with Gasteiger partial charge < -0.3 is 15.4 Å². The summed E-state index contributed by atoms with van der Waals surface area (Å²) in [5.41, 5.74) is 0. The van der Waals surface area contributed by atoms with Crippen LogP contribution in [0.4, 0.5) is 0 Å². The van der Waals surface area contributed by atoms with Gasteiger partial charge in [0.1, 0.15) is 0 Å². The first-order valence-corrected chi connectivity index (χ1v) is 8.19. The van der Waals surface area contributed by atoms with Crippen LogP contribution < -0.4 is 10.6 Å². The zero-order valence-electron chi connectivity index (χ0n) is 14.2. The van der Waals surface area contributed by atoms with E-state index in [4.69, 9.17) is 4.74 Å².